The quantitative estimate of drug-likeness (QED) is 0.850. The monoisotopic (exact) mass is 332 g/mol. The van der Waals surface area contributed by atoms with E-state index >= 15 is 0 Å². The van der Waals surface area contributed by atoms with E-state index < -0.39 is 10.0 Å². The van der Waals surface area contributed by atoms with Gasteiger partial charge < -0.3 is 0 Å². The van der Waals surface area contributed by atoms with Crippen LogP contribution in [0.5, 0.6) is 0 Å². The van der Waals surface area contributed by atoms with E-state index in [1.165, 1.54) is 23.9 Å². The molecule has 0 N–H and O–H groups in total. The van der Waals surface area contributed by atoms with Crippen LogP contribution in [0.2, 0.25) is 0 Å². The van der Waals surface area contributed by atoms with Crippen LogP contribution >= 0.6 is 0 Å². The second-order valence-electron chi connectivity index (χ2n) is 6.44. The van der Waals surface area contributed by atoms with Crippen LogP contribution in [0.3, 0.4) is 0 Å². The summed E-state index contributed by atoms with van der Waals surface area (Å²) in [6.07, 6.45) is 7.59. The van der Waals surface area contributed by atoms with Gasteiger partial charge in [0.25, 0.3) is 0 Å². The Kier molecular flexibility index (Phi) is 3.69. The minimum Gasteiger partial charge on any atom is -0.253 e. The lowest BCUT2D eigenvalue weighted by molar-refractivity contribution is 0.174. The van der Waals surface area contributed by atoms with E-state index in [2.05, 4.69) is 10.1 Å². The average molecular weight is 332 g/mol. The number of aryl methyl sites for hydroxylation is 2. The fourth-order valence-corrected chi connectivity index (χ4v) is 5.09. The summed E-state index contributed by atoms with van der Waals surface area (Å²) in [6, 6.07) is 5.65. The van der Waals surface area contributed by atoms with Crippen molar-refractivity contribution in [2.75, 3.05) is 13.1 Å². The maximum absolute atomic E-state index is 12.7. The first-order chi connectivity index (χ1) is 11.1. The van der Waals surface area contributed by atoms with Crippen molar-refractivity contribution in [3.63, 3.8) is 0 Å². The van der Waals surface area contributed by atoms with Crippen molar-refractivity contribution in [2.45, 2.75) is 37.1 Å². The number of rotatable bonds is 4. The summed E-state index contributed by atoms with van der Waals surface area (Å²) in [5, 5.41) is 4.07. The van der Waals surface area contributed by atoms with Gasteiger partial charge in [0.05, 0.1) is 4.90 Å². The molecule has 1 aliphatic carbocycles. The summed E-state index contributed by atoms with van der Waals surface area (Å²) in [4.78, 5) is 4.35. The molecule has 1 aliphatic heterocycles. The Morgan fingerprint density at radius 3 is 2.65 bits per heavy atom. The molecule has 1 saturated heterocycles. The predicted molar refractivity (Wildman–Crippen MR) is 85.4 cm³/mol. The van der Waals surface area contributed by atoms with E-state index in [0.717, 1.165) is 25.8 Å². The summed E-state index contributed by atoms with van der Waals surface area (Å²) in [5.41, 5.74) is 2.51. The highest BCUT2D eigenvalue weighted by Gasteiger charge is 2.37. The molecular formula is C16H20N4O2S. The second kappa shape index (κ2) is 5.72. The lowest BCUT2D eigenvalue weighted by Gasteiger charge is -2.38. The summed E-state index contributed by atoms with van der Waals surface area (Å²) in [6.45, 7) is 1.83. The zero-order chi connectivity index (χ0) is 15.9. The van der Waals surface area contributed by atoms with E-state index in [1.54, 1.807) is 21.4 Å². The van der Waals surface area contributed by atoms with Crippen LogP contribution in [-0.2, 0) is 29.4 Å². The van der Waals surface area contributed by atoms with E-state index in [1.807, 2.05) is 12.1 Å². The van der Waals surface area contributed by atoms with Gasteiger partial charge in [0.15, 0.2) is 0 Å². The first kappa shape index (κ1) is 14.8. The summed E-state index contributed by atoms with van der Waals surface area (Å²) in [5.74, 6) is 0.309. The Labute approximate surface area is 136 Å². The number of sulfonamides is 1. The van der Waals surface area contributed by atoms with E-state index in [0.29, 0.717) is 23.9 Å². The molecule has 0 spiro atoms. The van der Waals surface area contributed by atoms with Crippen molar-refractivity contribution in [1.29, 1.82) is 0 Å². The van der Waals surface area contributed by atoms with Crippen molar-refractivity contribution < 1.29 is 8.42 Å². The molecule has 6 nitrogen and oxygen atoms in total. The van der Waals surface area contributed by atoms with Gasteiger partial charge in [0.2, 0.25) is 10.0 Å². The molecule has 7 heteroatoms. The van der Waals surface area contributed by atoms with Gasteiger partial charge in [-0.05, 0) is 48.9 Å². The number of benzene rings is 1. The van der Waals surface area contributed by atoms with Gasteiger partial charge in [-0.3, -0.25) is 4.68 Å². The molecule has 2 heterocycles. The Morgan fingerprint density at radius 2 is 1.91 bits per heavy atom. The van der Waals surface area contributed by atoms with Crippen molar-refractivity contribution in [3.8, 4) is 0 Å². The maximum Gasteiger partial charge on any atom is 0.243 e. The van der Waals surface area contributed by atoms with Gasteiger partial charge in [-0.2, -0.15) is 9.40 Å². The first-order valence-corrected chi connectivity index (χ1v) is 9.51. The Bertz CT molecular complexity index is 795. The lowest BCUT2D eigenvalue weighted by Crippen LogP contribution is -2.51. The van der Waals surface area contributed by atoms with Crippen molar-refractivity contribution in [2.24, 2.45) is 5.92 Å². The number of aromatic nitrogens is 3. The minimum atomic E-state index is -3.36. The maximum atomic E-state index is 12.7. The van der Waals surface area contributed by atoms with Crippen molar-refractivity contribution in [1.82, 2.24) is 19.1 Å². The molecule has 2 aromatic rings. The lowest BCUT2D eigenvalue weighted by atomic mass is 9.92. The molecule has 0 saturated carbocycles. The molecule has 0 unspecified atom stereocenters. The highest BCUT2D eigenvalue weighted by Crippen LogP contribution is 2.29. The highest BCUT2D eigenvalue weighted by atomic mass is 32.2. The number of nitrogens with zero attached hydrogens (tertiary/aromatic N) is 4. The largest absolute Gasteiger partial charge is 0.253 e. The van der Waals surface area contributed by atoms with E-state index in [9.17, 15) is 8.42 Å². The van der Waals surface area contributed by atoms with Gasteiger partial charge in [0, 0.05) is 25.6 Å². The van der Waals surface area contributed by atoms with Gasteiger partial charge >= 0.3 is 0 Å². The third-order valence-corrected chi connectivity index (χ3v) is 6.62. The predicted octanol–water partition coefficient (Wildman–Crippen LogP) is 1.48. The fourth-order valence-electron chi connectivity index (χ4n) is 3.45. The molecule has 23 heavy (non-hydrogen) atoms. The standard InChI is InChI=1S/C16H20N4O2S/c21-23(22,16-6-5-14-3-1-2-4-15(14)7-16)20-9-13(10-20)8-19-12-17-11-18-19/h5-7,11-13H,1-4,8-10H2. The first-order valence-electron chi connectivity index (χ1n) is 8.07. The number of hydrogen-bond acceptors (Lipinski definition) is 4. The number of hydrogen-bond donors (Lipinski definition) is 0. The molecule has 122 valence electrons. The summed E-state index contributed by atoms with van der Waals surface area (Å²) >= 11 is 0. The zero-order valence-electron chi connectivity index (χ0n) is 12.9. The molecule has 4 rings (SSSR count). The molecule has 0 amide bonds. The average Bonchev–Trinajstić information content (AvgIpc) is 3.03. The molecular weight excluding hydrogens is 312 g/mol. The Hall–Kier alpha value is -1.73. The molecule has 0 radical (unpaired) electrons. The van der Waals surface area contributed by atoms with Crippen LogP contribution in [0.4, 0.5) is 0 Å². The van der Waals surface area contributed by atoms with Crippen LogP contribution in [0.15, 0.2) is 35.7 Å². The molecule has 1 fully saturated rings. The smallest absolute Gasteiger partial charge is 0.243 e. The third kappa shape index (κ3) is 2.79. The minimum absolute atomic E-state index is 0.309. The van der Waals surface area contributed by atoms with Crippen LogP contribution in [0.25, 0.3) is 0 Å². The van der Waals surface area contributed by atoms with Crippen LogP contribution in [0, 0.1) is 5.92 Å². The Morgan fingerprint density at radius 1 is 1.13 bits per heavy atom. The Balaban J connectivity index is 1.46. The van der Waals surface area contributed by atoms with Gasteiger partial charge in [-0.25, -0.2) is 13.4 Å². The molecule has 1 aromatic carbocycles. The van der Waals surface area contributed by atoms with Gasteiger partial charge in [-0.1, -0.05) is 6.07 Å². The van der Waals surface area contributed by atoms with Gasteiger partial charge in [-0.15, -0.1) is 0 Å². The second-order valence-corrected chi connectivity index (χ2v) is 8.38. The number of fused-ring (bicyclic) bond motifs is 1. The zero-order valence-corrected chi connectivity index (χ0v) is 13.7. The van der Waals surface area contributed by atoms with Crippen molar-refractivity contribution in [3.05, 3.63) is 42.0 Å². The summed E-state index contributed by atoms with van der Waals surface area (Å²) < 4.78 is 28.8. The normalized spacial score (nSPS) is 19.3. The topological polar surface area (TPSA) is 68.1 Å². The van der Waals surface area contributed by atoms with Gasteiger partial charge in [0.1, 0.15) is 12.7 Å². The van der Waals surface area contributed by atoms with E-state index in [-0.39, 0.29) is 0 Å². The van der Waals surface area contributed by atoms with Crippen LogP contribution in [0.1, 0.15) is 24.0 Å². The molecule has 2 aliphatic rings. The molecule has 0 atom stereocenters. The highest BCUT2D eigenvalue weighted by molar-refractivity contribution is 7.89. The fraction of sp³-hybridized carbons (Fsp3) is 0.500. The SMILES string of the molecule is O=S(=O)(c1ccc2c(c1)CCCC2)N1CC(Cn2cncn2)C1. The van der Waals surface area contributed by atoms with Crippen molar-refractivity contribution >= 4 is 10.0 Å². The molecule has 0 bridgehead atoms. The van der Waals surface area contributed by atoms with Crippen LogP contribution < -0.4 is 0 Å². The third-order valence-electron chi connectivity index (χ3n) is 4.79. The van der Waals surface area contributed by atoms with E-state index in [4.69, 9.17) is 0 Å². The summed E-state index contributed by atoms with van der Waals surface area (Å²) in [7, 11) is -3.36. The van der Waals surface area contributed by atoms with Crippen LogP contribution in [-0.4, -0.2) is 40.6 Å². The molecule has 1 aromatic heterocycles.